The number of anilines is 1. The number of hydrogen-bond acceptors (Lipinski definition) is 8. The minimum absolute atomic E-state index is 0.0499. The molecule has 0 saturated heterocycles. The van der Waals surface area contributed by atoms with Crippen LogP contribution in [0.15, 0.2) is 35.0 Å². The predicted octanol–water partition coefficient (Wildman–Crippen LogP) is 1.69. The highest BCUT2D eigenvalue weighted by atomic mass is 19.1. The van der Waals surface area contributed by atoms with Gasteiger partial charge in [-0.2, -0.15) is 4.98 Å². The molecule has 138 valence electrons. The van der Waals surface area contributed by atoms with Crippen molar-refractivity contribution in [2.24, 2.45) is 5.73 Å². The number of halogens is 1. The molecule has 3 N–H and O–H groups in total. The Morgan fingerprint density at radius 3 is 2.74 bits per heavy atom. The molecule has 0 spiro atoms. The Hall–Kier alpha value is -3.43. The molecule has 0 unspecified atom stereocenters. The fraction of sp³-hybridized carbons (Fsp3) is 0.294. The van der Waals surface area contributed by atoms with E-state index in [0.717, 1.165) is 19.3 Å². The van der Waals surface area contributed by atoms with Gasteiger partial charge in [0.05, 0.1) is 5.69 Å². The molecule has 0 aliphatic heterocycles. The Balaban J connectivity index is 1.47. The molecule has 0 atom stereocenters. The van der Waals surface area contributed by atoms with Crippen molar-refractivity contribution in [3.63, 3.8) is 0 Å². The van der Waals surface area contributed by atoms with Gasteiger partial charge in [-0.1, -0.05) is 11.6 Å². The van der Waals surface area contributed by atoms with E-state index in [-0.39, 0.29) is 22.9 Å². The zero-order chi connectivity index (χ0) is 18.9. The lowest BCUT2D eigenvalue weighted by molar-refractivity contribution is 0.0987. The molecular formula is C17H16FN7O2. The fourth-order valence-corrected chi connectivity index (χ4v) is 3.10. The fourth-order valence-electron chi connectivity index (χ4n) is 3.10. The van der Waals surface area contributed by atoms with E-state index < -0.39 is 5.91 Å². The lowest BCUT2D eigenvalue weighted by atomic mass is 9.66. The molecule has 1 fully saturated rings. The molecule has 3 aromatic rings. The number of nitrogens with zero attached hydrogens (tertiary/aromatic N) is 5. The largest absolute Gasteiger partial charge is 0.368 e. The van der Waals surface area contributed by atoms with Crippen LogP contribution in [-0.4, -0.2) is 37.8 Å². The molecule has 1 amide bonds. The number of carbonyl (C=O) groups excluding carboxylic acids is 1. The Kier molecular flexibility index (Phi) is 4.22. The number of nitrogens with two attached hydrogens (primary N) is 1. The third-order valence-corrected chi connectivity index (χ3v) is 4.71. The maximum atomic E-state index is 14.2. The van der Waals surface area contributed by atoms with Crippen LogP contribution in [0.4, 0.5) is 10.2 Å². The summed E-state index contributed by atoms with van der Waals surface area (Å²) in [5.74, 6) is -0.728. The van der Waals surface area contributed by atoms with Gasteiger partial charge in [-0.05, 0) is 37.1 Å². The van der Waals surface area contributed by atoms with E-state index in [0.29, 0.717) is 23.8 Å². The number of nitrogens with one attached hydrogen (secondary N) is 1. The van der Waals surface area contributed by atoms with E-state index in [9.17, 15) is 9.18 Å². The number of hydrogen-bond donors (Lipinski definition) is 2. The summed E-state index contributed by atoms with van der Waals surface area (Å²) < 4.78 is 19.1. The van der Waals surface area contributed by atoms with Gasteiger partial charge in [0.25, 0.3) is 17.6 Å². The Morgan fingerprint density at radius 2 is 2.15 bits per heavy atom. The molecule has 3 heterocycles. The van der Waals surface area contributed by atoms with Gasteiger partial charge < -0.3 is 15.6 Å². The van der Waals surface area contributed by atoms with Crippen LogP contribution in [0.25, 0.3) is 11.6 Å². The maximum absolute atomic E-state index is 14.2. The van der Waals surface area contributed by atoms with Gasteiger partial charge >= 0.3 is 0 Å². The van der Waals surface area contributed by atoms with Gasteiger partial charge in [0.2, 0.25) is 0 Å². The SMILES string of the molecule is NC(=O)c1noc(-c2ccc(NCC3(c4ncccc4F)CCC3)nn2)n1. The number of amides is 1. The van der Waals surface area contributed by atoms with Gasteiger partial charge in [-0.3, -0.25) is 9.78 Å². The average Bonchev–Trinajstić information content (AvgIpc) is 3.13. The van der Waals surface area contributed by atoms with Crippen LogP contribution in [0.1, 0.15) is 35.6 Å². The minimum atomic E-state index is -0.788. The van der Waals surface area contributed by atoms with Crippen LogP contribution in [0, 0.1) is 5.82 Å². The summed E-state index contributed by atoms with van der Waals surface area (Å²) in [6.45, 7) is 0.501. The average molecular weight is 369 g/mol. The zero-order valence-electron chi connectivity index (χ0n) is 14.2. The number of rotatable bonds is 6. The molecule has 1 aliphatic rings. The van der Waals surface area contributed by atoms with Crippen molar-refractivity contribution in [1.29, 1.82) is 0 Å². The first kappa shape index (κ1) is 17.0. The van der Waals surface area contributed by atoms with Crippen LogP contribution in [-0.2, 0) is 5.41 Å². The second-order valence-corrected chi connectivity index (χ2v) is 6.41. The van der Waals surface area contributed by atoms with Gasteiger partial charge in [0.15, 0.2) is 5.69 Å². The summed E-state index contributed by atoms with van der Waals surface area (Å²) in [5.41, 5.74) is 5.55. The van der Waals surface area contributed by atoms with E-state index in [1.165, 1.54) is 6.07 Å². The van der Waals surface area contributed by atoms with E-state index in [1.807, 2.05) is 0 Å². The van der Waals surface area contributed by atoms with Gasteiger partial charge in [-0.15, -0.1) is 10.2 Å². The third-order valence-electron chi connectivity index (χ3n) is 4.71. The number of pyridine rings is 1. The van der Waals surface area contributed by atoms with Crippen LogP contribution in [0.3, 0.4) is 0 Å². The van der Waals surface area contributed by atoms with Gasteiger partial charge in [0.1, 0.15) is 11.6 Å². The molecule has 0 aromatic carbocycles. The molecule has 3 aromatic heterocycles. The predicted molar refractivity (Wildman–Crippen MR) is 92.1 cm³/mol. The van der Waals surface area contributed by atoms with E-state index in [2.05, 4.69) is 30.6 Å². The van der Waals surface area contributed by atoms with Crippen molar-refractivity contribution in [3.05, 3.63) is 47.8 Å². The van der Waals surface area contributed by atoms with E-state index in [1.54, 1.807) is 24.4 Å². The van der Waals surface area contributed by atoms with E-state index >= 15 is 0 Å². The molecule has 10 heteroatoms. The second kappa shape index (κ2) is 6.71. The highest BCUT2D eigenvalue weighted by molar-refractivity contribution is 5.88. The van der Waals surface area contributed by atoms with Crippen LogP contribution < -0.4 is 11.1 Å². The molecular weight excluding hydrogens is 353 g/mol. The standard InChI is InChI=1S/C17H16FN7O2/c18-10-3-1-8-20-13(10)17(6-2-7-17)9-21-12-5-4-11(23-24-12)16-22-15(14(19)26)25-27-16/h1,3-5,8H,2,6-7,9H2,(H2,19,26)(H,21,24). The molecule has 9 nitrogen and oxygen atoms in total. The van der Waals surface area contributed by atoms with Crippen molar-refractivity contribution < 1.29 is 13.7 Å². The monoisotopic (exact) mass is 369 g/mol. The summed E-state index contributed by atoms with van der Waals surface area (Å²) in [5, 5.41) is 14.7. The van der Waals surface area contributed by atoms with Crippen molar-refractivity contribution in [2.75, 3.05) is 11.9 Å². The molecule has 0 radical (unpaired) electrons. The normalized spacial score (nSPS) is 15.1. The van der Waals surface area contributed by atoms with Crippen LogP contribution in [0.5, 0.6) is 0 Å². The minimum Gasteiger partial charge on any atom is -0.368 e. The number of primary amides is 1. The first-order chi connectivity index (χ1) is 13.1. The van der Waals surface area contributed by atoms with Crippen molar-refractivity contribution >= 4 is 11.7 Å². The molecule has 4 rings (SSSR count). The first-order valence-electron chi connectivity index (χ1n) is 8.40. The molecule has 0 bridgehead atoms. The smallest absolute Gasteiger partial charge is 0.290 e. The summed E-state index contributed by atoms with van der Waals surface area (Å²) in [6.07, 6.45) is 4.36. The highest BCUT2D eigenvalue weighted by Crippen LogP contribution is 2.43. The highest BCUT2D eigenvalue weighted by Gasteiger charge is 2.41. The maximum Gasteiger partial charge on any atom is 0.290 e. The zero-order valence-corrected chi connectivity index (χ0v) is 14.2. The van der Waals surface area contributed by atoms with Crippen molar-refractivity contribution in [1.82, 2.24) is 25.3 Å². The van der Waals surface area contributed by atoms with Crippen molar-refractivity contribution in [2.45, 2.75) is 24.7 Å². The lowest BCUT2D eigenvalue weighted by Crippen LogP contribution is -2.42. The van der Waals surface area contributed by atoms with E-state index in [4.69, 9.17) is 10.3 Å². The van der Waals surface area contributed by atoms with Crippen LogP contribution in [0.2, 0.25) is 0 Å². The Morgan fingerprint density at radius 1 is 1.30 bits per heavy atom. The molecule has 1 aliphatic carbocycles. The molecule has 1 saturated carbocycles. The third kappa shape index (κ3) is 3.21. The Labute approximate surface area is 153 Å². The summed E-state index contributed by atoms with van der Waals surface area (Å²) in [6, 6.07) is 6.34. The lowest BCUT2D eigenvalue weighted by Gasteiger charge is -2.41. The summed E-state index contributed by atoms with van der Waals surface area (Å²) in [7, 11) is 0. The summed E-state index contributed by atoms with van der Waals surface area (Å²) in [4.78, 5) is 19.1. The molecule has 27 heavy (non-hydrogen) atoms. The first-order valence-corrected chi connectivity index (χ1v) is 8.40. The van der Waals surface area contributed by atoms with Crippen LogP contribution >= 0.6 is 0 Å². The number of aromatic nitrogens is 5. The Bertz CT molecular complexity index is 969. The second-order valence-electron chi connectivity index (χ2n) is 6.41. The van der Waals surface area contributed by atoms with Crippen molar-refractivity contribution in [3.8, 4) is 11.6 Å². The quantitative estimate of drug-likeness (QED) is 0.671. The number of carbonyl (C=O) groups is 1. The topological polar surface area (TPSA) is 133 Å². The summed E-state index contributed by atoms with van der Waals surface area (Å²) >= 11 is 0. The van der Waals surface area contributed by atoms with Gasteiger partial charge in [-0.25, -0.2) is 4.39 Å². The van der Waals surface area contributed by atoms with Gasteiger partial charge in [0, 0.05) is 18.2 Å².